The highest BCUT2D eigenvalue weighted by atomic mass is 35.5. The zero-order valence-corrected chi connectivity index (χ0v) is 13.2. The summed E-state index contributed by atoms with van der Waals surface area (Å²) in [6.45, 7) is 6.63. The summed E-state index contributed by atoms with van der Waals surface area (Å²) in [6, 6.07) is 3.96. The molecule has 3 heterocycles. The molecule has 4 nitrogen and oxygen atoms in total. The average molecular weight is 307 g/mol. The Morgan fingerprint density at radius 3 is 2.75 bits per heavy atom. The molecular weight excluding hydrogens is 292 g/mol. The van der Waals surface area contributed by atoms with Crippen LogP contribution >= 0.6 is 22.9 Å². The van der Waals surface area contributed by atoms with Crippen LogP contribution in [0.15, 0.2) is 18.3 Å². The van der Waals surface area contributed by atoms with Gasteiger partial charge in [0.05, 0.1) is 11.9 Å². The van der Waals surface area contributed by atoms with E-state index in [1.807, 2.05) is 32.2 Å². The van der Waals surface area contributed by atoms with E-state index >= 15 is 0 Å². The van der Waals surface area contributed by atoms with Gasteiger partial charge in [-0.2, -0.15) is 0 Å². The highest BCUT2D eigenvalue weighted by Crippen LogP contribution is 2.25. The van der Waals surface area contributed by atoms with Crippen LogP contribution in [0.1, 0.15) is 33.7 Å². The smallest absolute Gasteiger partial charge is 0.160 e. The van der Waals surface area contributed by atoms with Gasteiger partial charge in [-0.25, -0.2) is 15.0 Å². The second-order valence-corrected chi connectivity index (χ2v) is 6.81. The minimum atomic E-state index is -0.162. The van der Waals surface area contributed by atoms with Crippen molar-refractivity contribution in [3.05, 3.63) is 39.7 Å². The van der Waals surface area contributed by atoms with Gasteiger partial charge in [0.25, 0.3) is 0 Å². The number of hydrogen-bond donors (Lipinski definition) is 0. The number of thiazole rings is 1. The third kappa shape index (κ3) is 2.43. The van der Waals surface area contributed by atoms with Crippen LogP contribution in [0.4, 0.5) is 0 Å². The lowest BCUT2D eigenvalue weighted by Crippen LogP contribution is -2.06. The molecule has 3 rings (SSSR count). The summed E-state index contributed by atoms with van der Waals surface area (Å²) in [4.78, 5) is 14.8. The number of fused-ring (bicyclic) bond motifs is 1. The maximum Gasteiger partial charge on any atom is 0.160 e. The zero-order valence-electron chi connectivity index (χ0n) is 11.6. The van der Waals surface area contributed by atoms with E-state index in [2.05, 4.69) is 26.4 Å². The lowest BCUT2D eigenvalue weighted by molar-refractivity contribution is 0.731. The minimum absolute atomic E-state index is 0.162. The van der Waals surface area contributed by atoms with Crippen LogP contribution < -0.4 is 0 Å². The predicted molar refractivity (Wildman–Crippen MR) is 82.5 cm³/mol. The molecule has 0 amide bonds. The van der Waals surface area contributed by atoms with Crippen molar-refractivity contribution in [3.8, 4) is 0 Å². The number of nitrogens with zero attached hydrogens (tertiary/aromatic N) is 4. The molecule has 0 N–H and O–H groups in total. The van der Waals surface area contributed by atoms with E-state index in [9.17, 15) is 0 Å². The third-order valence-electron chi connectivity index (χ3n) is 3.08. The van der Waals surface area contributed by atoms with E-state index in [1.165, 1.54) is 4.88 Å². The van der Waals surface area contributed by atoms with Gasteiger partial charge in [0.1, 0.15) is 16.3 Å². The number of alkyl halides is 1. The second kappa shape index (κ2) is 5.14. The summed E-state index contributed by atoms with van der Waals surface area (Å²) in [6.07, 6.45) is 1.89. The number of imidazole rings is 1. The van der Waals surface area contributed by atoms with Gasteiger partial charge in [0, 0.05) is 16.8 Å². The van der Waals surface area contributed by atoms with Gasteiger partial charge in [0.15, 0.2) is 5.65 Å². The molecule has 0 bridgehead atoms. The first-order valence-electron chi connectivity index (χ1n) is 6.44. The van der Waals surface area contributed by atoms with Gasteiger partial charge in [-0.05, 0) is 32.9 Å². The highest BCUT2D eigenvalue weighted by Gasteiger charge is 2.17. The van der Waals surface area contributed by atoms with Crippen LogP contribution in [0.2, 0.25) is 0 Å². The second-order valence-electron chi connectivity index (χ2n) is 4.83. The van der Waals surface area contributed by atoms with E-state index in [1.54, 1.807) is 11.3 Å². The molecule has 0 aromatic carbocycles. The summed E-state index contributed by atoms with van der Waals surface area (Å²) in [5, 5.41) is 0.884. The van der Waals surface area contributed by atoms with Gasteiger partial charge < -0.3 is 4.57 Å². The van der Waals surface area contributed by atoms with E-state index in [-0.39, 0.29) is 5.38 Å². The van der Waals surface area contributed by atoms with Crippen molar-refractivity contribution in [3.63, 3.8) is 0 Å². The maximum absolute atomic E-state index is 6.26. The third-order valence-corrected chi connectivity index (χ3v) is 4.17. The Kier molecular flexibility index (Phi) is 3.48. The van der Waals surface area contributed by atoms with E-state index < -0.39 is 0 Å². The van der Waals surface area contributed by atoms with Crippen LogP contribution in [0, 0.1) is 13.8 Å². The first kappa shape index (κ1) is 13.5. The normalized spacial score (nSPS) is 13.0. The number of aromatic nitrogens is 4. The lowest BCUT2D eigenvalue weighted by Gasteiger charge is -2.08. The fraction of sp³-hybridized carbons (Fsp3) is 0.357. The quantitative estimate of drug-likeness (QED) is 0.690. The fourth-order valence-electron chi connectivity index (χ4n) is 2.18. The Labute approximate surface area is 126 Å². The molecule has 3 aromatic rings. The van der Waals surface area contributed by atoms with Gasteiger partial charge in [-0.3, -0.25) is 0 Å². The summed E-state index contributed by atoms with van der Waals surface area (Å²) in [7, 11) is 0. The molecular formula is C14H15ClN4S. The van der Waals surface area contributed by atoms with Crippen LogP contribution in [0.25, 0.3) is 11.2 Å². The van der Waals surface area contributed by atoms with E-state index in [4.69, 9.17) is 11.6 Å². The molecule has 0 spiro atoms. The number of aryl methyl sites for hydroxylation is 2. The SMILES string of the molecule is Cc1ccc2nc(C(C)Cl)n(Cc3ncc(C)s3)c2n1. The molecule has 6 heteroatoms. The molecule has 20 heavy (non-hydrogen) atoms. The van der Waals surface area contributed by atoms with Crippen molar-refractivity contribution in [1.29, 1.82) is 0 Å². The predicted octanol–water partition coefficient (Wildman–Crippen LogP) is 3.85. The fourth-order valence-corrected chi connectivity index (χ4v) is 3.13. The van der Waals surface area contributed by atoms with Crippen molar-refractivity contribution in [1.82, 2.24) is 19.5 Å². The van der Waals surface area contributed by atoms with Crippen molar-refractivity contribution in [2.24, 2.45) is 0 Å². The maximum atomic E-state index is 6.26. The molecule has 0 fully saturated rings. The topological polar surface area (TPSA) is 43.6 Å². The Morgan fingerprint density at radius 1 is 1.30 bits per heavy atom. The summed E-state index contributed by atoms with van der Waals surface area (Å²) in [5.41, 5.74) is 2.73. The summed E-state index contributed by atoms with van der Waals surface area (Å²) >= 11 is 7.95. The van der Waals surface area contributed by atoms with Crippen LogP contribution in [0.5, 0.6) is 0 Å². The standard InChI is InChI=1S/C14H15ClN4S/c1-8-4-5-11-14(17-8)19(13(18-11)10(3)15)7-12-16-6-9(2)20-12/h4-6,10H,7H2,1-3H3. The number of rotatable bonds is 3. The molecule has 104 valence electrons. The number of pyridine rings is 1. The first-order valence-corrected chi connectivity index (χ1v) is 7.69. The van der Waals surface area contributed by atoms with Gasteiger partial charge in [-0.15, -0.1) is 22.9 Å². The van der Waals surface area contributed by atoms with E-state index in [0.717, 1.165) is 27.7 Å². The summed E-state index contributed by atoms with van der Waals surface area (Å²) in [5.74, 6) is 0.840. The Morgan fingerprint density at radius 2 is 2.10 bits per heavy atom. The Bertz CT molecular complexity index is 760. The van der Waals surface area contributed by atoms with Gasteiger partial charge >= 0.3 is 0 Å². The molecule has 3 aromatic heterocycles. The Hall–Kier alpha value is -1.46. The molecule has 0 aliphatic rings. The van der Waals surface area contributed by atoms with Crippen LogP contribution in [0.3, 0.4) is 0 Å². The number of hydrogen-bond acceptors (Lipinski definition) is 4. The van der Waals surface area contributed by atoms with Crippen molar-refractivity contribution in [2.45, 2.75) is 32.7 Å². The average Bonchev–Trinajstić information content (AvgIpc) is 2.95. The first-order chi connectivity index (χ1) is 9.54. The van der Waals surface area contributed by atoms with Crippen molar-refractivity contribution in [2.75, 3.05) is 0 Å². The summed E-state index contributed by atoms with van der Waals surface area (Å²) < 4.78 is 2.07. The number of halogens is 1. The minimum Gasteiger partial charge on any atom is -0.304 e. The molecule has 0 aliphatic carbocycles. The van der Waals surface area contributed by atoms with Crippen molar-refractivity contribution < 1.29 is 0 Å². The van der Waals surface area contributed by atoms with Gasteiger partial charge in [-0.1, -0.05) is 0 Å². The molecule has 0 aliphatic heterocycles. The van der Waals surface area contributed by atoms with Gasteiger partial charge in [0.2, 0.25) is 0 Å². The largest absolute Gasteiger partial charge is 0.304 e. The molecule has 1 atom stereocenters. The lowest BCUT2D eigenvalue weighted by atomic mass is 10.3. The molecule has 1 unspecified atom stereocenters. The molecule has 0 saturated carbocycles. The Balaban J connectivity index is 2.15. The highest BCUT2D eigenvalue weighted by molar-refractivity contribution is 7.11. The zero-order chi connectivity index (χ0) is 14.3. The molecule has 0 radical (unpaired) electrons. The molecule has 0 saturated heterocycles. The van der Waals surface area contributed by atoms with Crippen LogP contribution in [-0.2, 0) is 6.54 Å². The van der Waals surface area contributed by atoms with Crippen molar-refractivity contribution >= 4 is 34.1 Å². The van der Waals surface area contributed by atoms with E-state index in [0.29, 0.717) is 6.54 Å². The monoisotopic (exact) mass is 306 g/mol. The van der Waals surface area contributed by atoms with Crippen LogP contribution in [-0.4, -0.2) is 19.5 Å².